The maximum atomic E-state index is 11.8. The van der Waals surface area contributed by atoms with Gasteiger partial charge in [-0.15, -0.1) is 12.4 Å². The summed E-state index contributed by atoms with van der Waals surface area (Å²) in [7, 11) is 0. The predicted octanol–water partition coefficient (Wildman–Crippen LogP) is 2.46. The van der Waals surface area contributed by atoms with Crippen molar-refractivity contribution in [2.75, 3.05) is 5.32 Å². The average molecular weight is 284 g/mol. The van der Waals surface area contributed by atoms with Crippen molar-refractivity contribution in [3.05, 3.63) is 23.8 Å². The third kappa shape index (κ3) is 2.21. The van der Waals surface area contributed by atoms with Crippen molar-refractivity contribution in [3.8, 4) is 0 Å². The van der Waals surface area contributed by atoms with E-state index in [1.54, 1.807) is 0 Å². The highest BCUT2D eigenvalue weighted by molar-refractivity contribution is 7.22. The topological polar surface area (TPSA) is 68.0 Å². The van der Waals surface area contributed by atoms with Crippen LogP contribution in [0.25, 0.3) is 10.2 Å². The van der Waals surface area contributed by atoms with Crippen molar-refractivity contribution in [1.29, 1.82) is 0 Å². The number of anilines is 1. The van der Waals surface area contributed by atoms with Crippen LogP contribution < -0.4 is 11.1 Å². The van der Waals surface area contributed by atoms with Gasteiger partial charge in [-0.3, -0.25) is 4.79 Å². The van der Waals surface area contributed by atoms with Gasteiger partial charge in [-0.1, -0.05) is 23.5 Å². The van der Waals surface area contributed by atoms with Crippen LogP contribution in [0.1, 0.15) is 18.4 Å². The zero-order chi connectivity index (χ0) is 12.0. The Hall–Kier alpha value is -1.17. The van der Waals surface area contributed by atoms with E-state index in [0.29, 0.717) is 5.13 Å². The Morgan fingerprint density at radius 2 is 2.22 bits per heavy atom. The summed E-state index contributed by atoms with van der Waals surface area (Å²) in [6.07, 6.45) is 1.53. The maximum Gasteiger partial charge on any atom is 0.246 e. The van der Waals surface area contributed by atoms with Gasteiger partial charge in [0, 0.05) is 0 Å². The number of para-hydroxylation sites is 1. The number of benzene rings is 1. The lowest BCUT2D eigenvalue weighted by molar-refractivity contribution is -0.118. The third-order valence-electron chi connectivity index (χ3n) is 3.08. The van der Waals surface area contributed by atoms with Gasteiger partial charge in [0.1, 0.15) is 0 Å². The molecule has 2 aromatic rings. The van der Waals surface area contributed by atoms with E-state index in [2.05, 4.69) is 10.3 Å². The van der Waals surface area contributed by atoms with Crippen LogP contribution in [0, 0.1) is 6.92 Å². The lowest BCUT2D eigenvalue weighted by Crippen LogP contribution is -2.37. The lowest BCUT2D eigenvalue weighted by atomic mass is 10.2. The number of aryl methyl sites for hydroxylation is 1. The SMILES string of the molecule is Cc1cccc2sc(NC(=O)C3(N)CC3)nc12.Cl. The molecule has 1 aliphatic rings. The van der Waals surface area contributed by atoms with Gasteiger partial charge in [-0.05, 0) is 31.4 Å². The molecule has 0 atom stereocenters. The number of carbonyl (C=O) groups excluding carboxylic acids is 1. The van der Waals surface area contributed by atoms with Gasteiger partial charge in [0.2, 0.25) is 5.91 Å². The minimum absolute atomic E-state index is 0. The first-order chi connectivity index (χ1) is 8.08. The predicted molar refractivity (Wildman–Crippen MR) is 76.4 cm³/mol. The number of carbonyl (C=O) groups is 1. The monoisotopic (exact) mass is 283 g/mol. The second-order valence-electron chi connectivity index (χ2n) is 4.55. The Bertz CT molecular complexity index is 606. The van der Waals surface area contributed by atoms with E-state index in [1.807, 2.05) is 25.1 Å². The second kappa shape index (κ2) is 4.50. The molecule has 6 heteroatoms. The van der Waals surface area contributed by atoms with Crippen molar-refractivity contribution >= 4 is 45.0 Å². The number of thiazole rings is 1. The molecule has 96 valence electrons. The Morgan fingerprint density at radius 1 is 1.50 bits per heavy atom. The number of nitrogens with two attached hydrogens (primary N) is 1. The molecule has 3 rings (SSSR count). The number of halogens is 1. The lowest BCUT2D eigenvalue weighted by Gasteiger charge is -2.06. The summed E-state index contributed by atoms with van der Waals surface area (Å²) in [5, 5.41) is 3.44. The first kappa shape index (κ1) is 13.3. The smallest absolute Gasteiger partial charge is 0.246 e. The first-order valence-corrected chi connectivity index (χ1v) is 6.37. The largest absolute Gasteiger partial charge is 0.317 e. The summed E-state index contributed by atoms with van der Waals surface area (Å²) in [6.45, 7) is 2.01. The first-order valence-electron chi connectivity index (χ1n) is 5.55. The molecule has 1 heterocycles. The van der Waals surface area contributed by atoms with Crippen LogP contribution in [0.2, 0.25) is 0 Å². The van der Waals surface area contributed by atoms with Crippen LogP contribution in [0.5, 0.6) is 0 Å². The minimum Gasteiger partial charge on any atom is -0.317 e. The maximum absolute atomic E-state index is 11.8. The fourth-order valence-electron chi connectivity index (χ4n) is 1.72. The highest BCUT2D eigenvalue weighted by Gasteiger charge is 2.46. The van der Waals surface area contributed by atoms with Gasteiger partial charge < -0.3 is 11.1 Å². The van der Waals surface area contributed by atoms with E-state index in [4.69, 9.17) is 5.73 Å². The van der Waals surface area contributed by atoms with Crippen LogP contribution >= 0.6 is 23.7 Å². The molecule has 4 nitrogen and oxygen atoms in total. The second-order valence-corrected chi connectivity index (χ2v) is 5.58. The van der Waals surface area contributed by atoms with E-state index in [0.717, 1.165) is 28.6 Å². The Kier molecular flexibility index (Phi) is 3.31. The van der Waals surface area contributed by atoms with E-state index in [9.17, 15) is 4.79 Å². The molecule has 0 aliphatic heterocycles. The molecule has 0 bridgehead atoms. The van der Waals surface area contributed by atoms with Crippen LogP contribution in [0.3, 0.4) is 0 Å². The number of nitrogens with zero attached hydrogens (tertiary/aromatic N) is 1. The standard InChI is InChI=1S/C12H13N3OS.ClH/c1-7-3-2-4-8-9(7)14-11(17-8)15-10(16)12(13)5-6-12;/h2-4H,5-6,13H2,1H3,(H,14,15,16);1H. The summed E-state index contributed by atoms with van der Waals surface area (Å²) in [4.78, 5) is 16.2. The fourth-order valence-corrected chi connectivity index (χ4v) is 2.66. The molecule has 1 aliphatic carbocycles. The van der Waals surface area contributed by atoms with Crippen LogP contribution in [-0.4, -0.2) is 16.4 Å². The molecule has 0 radical (unpaired) electrons. The molecule has 1 aromatic carbocycles. The molecule has 3 N–H and O–H groups in total. The third-order valence-corrected chi connectivity index (χ3v) is 4.02. The van der Waals surface area contributed by atoms with Crippen LogP contribution in [-0.2, 0) is 4.79 Å². The van der Waals surface area contributed by atoms with Crippen molar-refractivity contribution in [1.82, 2.24) is 4.98 Å². The molecule has 18 heavy (non-hydrogen) atoms. The van der Waals surface area contributed by atoms with E-state index in [1.165, 1.54) is 11.3 Å². The normalized spacial score (nSPS) is 16.1. The fraction of sp³-hybridized carbons (Fsp3) is 0.333. The Labute approximate surface area is 115 Å². The number of amides is 1. The van der Waals surface area contributed by atoms with Gasteiger partial charge >= 0.3 is 0 Å². The summed E-state index contributed by atoms with van der Waals surface area (Å²) in [5.74, 6) is -0.116. The Balaban J connectivity index is 0.00000120. The van der Waals surface area contributed by atoms with Gasteiger partial charge in [0.05, 0.1) is 15.8 Å². The van der Waals surface area contributed by atoms with Gasteiger partial charge in [0.15, 0.2) is 5.13 Å². The zero-order valence-electron chi connectivity index (χ0n) is 9.90. The van der Waals surface area contributed by atoms with Crippen LogP contribution in [0.4, 0.5) is 5.13 Å². The highest BCUT2D eigenvalue weighted by Crippen LogP contribution is 2.34. The van der Waals surface area contributed by atoms with Gasteiger partial charge in [0.25, 0.3) is 0 Å². The average Bonchev–Trinajstić information content (AvgIpc) is 2.90. The summed E-state index contributed by atoms with van der Waals surface area (Å²) < 4.78 is 1.09. The van der Waals surface area contributed by atoms with Gasteiger partial charge in [-0.25, -0.2) is 4.98 Å². The summed E-state index contributed by atoms with van der Waals surface area (Å²) in [5.41, 5.74) is 7.25. The van der Waals surface area contributed by atoms with Crippen molar-refractivity contribution in [3.63, 3.8) is 0 Å². The van der Waals surface area contributed by atoms with E-state index < -0.39 is 5.54 Å². The van der Waals surface area contributed by atoms with E-state index >= 15 is 0 Å². The summed E-state index contributed by atoms with van der Waals surface area (Å²) in [6, 6.07) is 6.01. The van der Waals surface area contributed by atoms with E-state index in [-0.39, 0.29) is 18.3 Å². The molecule has 1 saturated carbocycles. The highest BCUT2D eigenvalue weighted by atomic mass is 35.5. The number of rotatable bonds is 2. The van der Waals surface area contributed by atoms with Crippen molar-refractivity contribution in [2.45, 2.75) is 25.3 Å². The molecule has 1 amide bonds. The Morgan fingerprint density at radius 3 is 2.83 bits per heavy atom. The minimum atomic E-state index is -0.646. The molecular weight excluding hydrogens is 270 g/mol. The number of fused-ring (bicyclic) bond motifs is 1. The molecular formula is C12H14ClN3OS. The molecule has 1 aromatic heterocycles. The van der Waals surface area contributed by atoms with Crippen molar-refractivity contribution in [2.24, 2.45) is 5.73 Å². The summed E-state index contributed by atoms with van der Waals surface area (Å²) >= 11 is 1.49. The number of hydrogen-bond acceptors (Lipinski definition) is 4. The van der Waals surface area contributed by atoms with Gasteiger partial charge in [-0.2, -0.15) is 0 Å². The number of nitrogens with one attached hydrogen (secondary N) is 1. The molecule has 0 spiro atoms. The molecule has 1 fully saturated rings. The van der Waals surface area contributed by atoms with Crippen molar-refractivity contribution < 1.29 is 4.79 Å². The molecule has 0 saturated heterocycles. The number of hydrogen-bond donors (Lipinski definition) is 2. The zero-order valence-corrected chi connectivity index (χ0v) is 11.5. The quantitative estimate of drug-likeness (QED) is 0.889. The number of aromatic nitrogens is 1. The molecule has 0 unspecified atom stereocenters. The van der Waals surface area contributed by atoms with Crippen LogP contribution in [0.15, 0.2) is 18.2 Å².